The molecule has 2 N–H and O–H groups in total. The smallest absolute Gasteiger partial charge is 0.337 e. The van der Waals surface area contributed by atoms with Crippen molar-refractivity contribution in [3.05, 3.63) is 81.3 Å². The van der Waals surface area contributed by atoms with E-state index < -0.39 is 11.2 Å². The molecule has 3 aromatic heterocycles. The lowest BCUT2D eigenvalue weighted by molar-refractivity contribution is 0.394. The number of methoxy groups -OCH3 is 2. The van der Waals surface area contributed by atoms with Gasteiger partial charge in [0, 0.05) is 30.6 Å². The van der Waals surface area contributed by atoms with Gasteiger partial charge in [-0.2, -0.15) is 0 Å². The molecule has 0 atom stereocenters. The Bertz CT molecular complexity index is 1320. The summed E-state index contributed by atoms with van der Waals surface area (Å²) in [6.07, 6.45) is 3.21. The number of anilines is 1. The maximum absolute atomic E-state index is 13.5. The molecule has 0 aliphatic heterocycles. The summed E-state index contributed by atoms with van der Waals surface area (Å²) in [6.45, 7) is 0.0849. The second kappa shape index (κ2) is 7.70. The van der Waals surface area contributed by atoms with Crippen LogP contribution in [0.15, 0.2) is 64.4 Å². The average Bonchev–Trinajstić information content (AvgIpc) is 2.77. The second-order valence-corrected chi connectivity index (χ2v) is 6.54. The molecular weight excluding hydrogens is 386 g/mol. The van der Waals surface area contributed by atoms with Crippen LogP contribution in [0.25, 0.3) is 16.7 Å². The van der Waals surface area contributed by atoms with Gasteiger partial charge in [-0.25, -0.2) is 14.3 Å². The van der Waals surface area contributed by atoms with Crippen LogP contribution in [0.5, 0.6) is 11.5 Å². The van der Waals surface area contributed by atoms with E-state index in [1.807, 2.05) is 0 Å². The molecule has 1 aromatic carbocycles. The summed E-state index contributed by atoms with van der Waals surface area (Å²) in [4.78, 5) is 34.8. The summed E-state index contributed by atoms with van der Waals surface area (Å²) in [6, 6.07) is 11.6. The molecule has 9 heteroatoms. The minimum atomic E-state index is -0.558. The van der Waals surface area contributed by atoms with E-state index in [0.29, 0.717) is 17.2 Å². The maximum atomic E-state index is 13.5. The van der Waals surface area contributed by atoms with Gasteiger partial charge >= 0.3 is 5.69 Å². The summed E-state index contributed by atoms with van der Waals surface area (Å²) < 4.78 is 13.1. The lowest BCUT2D eigenvalue weighted by Crippen LogP contribution is -2.40. The van der Waals surface area contributed by atoms with E-state index in [2.05, 4.69) is 9.97 Å². The van der Waals surface area contributed by atoms with Crippen molar-refractivity contribution in [2.24, 2.45) is 0 Å². The molecule has 0 unspecified atom stereocenters. The lowest BCUT2D eigenvalue weighted by atomic mass is 10.2. The topological polar surface area (TPSA) is 114 Å². The van der Waals surface area contributed by atoms with Crippen molar-refractivity contribution in [1.29, 1.82) is 0 Å². The van der Waals surface area contributed by atoms with Crippen LogP contribution in [0.1, 0.15) is 5.56 Å². The van der Waals surface area contributed by atoms with Gasteiger partial charge in [-0.1, -0.05) is 0 Å². The van der Waals surface area contributed by atoms with Gasteiger partial charge in [0.05, 0.1) is 31.8 Å². The van der Waals surface area contributed by atoms with Crippen LogP contribution in [0, 0.1) is 0 Å². The number of nitrogens with two attached hydrogens (primary N) is 1. The molecule has 0 bridgehead atoms. The monoisotopic (exact) mass is 405 g/mol. The Morgan fingerprint density at radius 3 is 2.27 bits per heavy atom. The van der Waals surface area contributed by atoms with Crippen molar-refractivity contribution in [3.8, 4) is 17.2 Å². The number of nitrogens with zero attached hydrogens (tertiary/aromatic N) is 4. The fourth-order valence-electron chi connectivity index (χ4n) is 3.21. The summed E-state index contributed by atoms with van der Waals surface area (Å²) >= 11 is 0. The minimum Gasteiger partial charge on any atom is -0.497 e. The lowest BCUT2D eigenvalue weighted by Gasteiger charge is -2.15. The zero-order valence-electron chi connectivity index (χ0n) is 16.4. The maximum Gasteiger partial charge on any atom is 0.337 e. The van der Waals surface area contributed by atoms with Crippen molar-refractivity contribution in [2.45, 2.75) is 6.54 Å². The van der Waals surface area contributed by atoms with Crippen molar-refractivity contribution in [1.82, 2.24) is 19.1 Å². The van der Waals surface area contributed by atoms with E-state index in [1.165, 1.54) is 24.9 Å². The van der Waals surface area contributed by atoms with Crippen molar-refractivity contribution < 1.29 is 9.47 Å². The highest BCUT2D eigenvalue weighted by molar-refractivity contribution is 5.77. The third-order valence-corrected chi connectivity index (χ3v) is 4.69. The first-order chi connectivity index (χ1) is 14.5. The molecule has 0 aliphatic carbocycles. The SMILES string of the molecule is COc1cc(OC)cc(-n2c(=O)n(Cc3ccncc3)c(=O)c3ccc(N)nc32)c1. The van der Waals surface area contributed by atoms with E-state index in [4.69, 9.17) is 15.2 Å². The van der Waals surface area contributed by atoms with Crippen molar-refractivity contribution >= 4 is 16.9 Å². The predicted octanol–water partition coefficient (Wildman–Crippen LogP) is 1.59. The fraction of sp³-hybridized carbons (Fsp3) is 0.143. The van der Waals surface area contributed by atoms with Gasteiger partial charge in [0.25, 0.3) is 5.56 Å². The van der Waals surface area contributed by atoms with Gasteiger partial charge in [0.1, 0.15) is 17.3 Å². The minimum absolute atomic E-state index is 0.0849. The van der Waals surface area contributed by atoms with Crippen LogP contribution in [-0.2, 0) is 6.54 Å². The highest BCUT2D eigenvalue weighted by Gasteiger charge is 2.17. The van der Waals surface area contributed by atoms with E-state index in [9.17, 15) is 9.59 Å². The van der Waals surface area contributed by atoms with E-state index >= 15 is 0 Å². The van der Waals surface area contributed by atoms with Crippen LogP contribution in [-0.4, -0.2) is 33.3 Å². The second-order valence-electron chi connectivity index (χ2n) is 6.54. The van der Waals surface area contributed by atoms with E-state index in [0.717, 1.165) is 10.1 Å². The molecule has 0 saturated heterocycles. The number of rotatable bonds is 5. The number of hydrogen-bond acceptors (Lipinski definition) is 7. The molecule has 0 radical (unpaired) electrons. The zero-order valence-corrected chi connectivity index (χ0v) is 16.4. The summed E-state index contributed by atoms with van der Waals surface area (Å²) in [5, 5.41) is 0.264. The summed E-state index contributed by atoms with van der Waals surface area (Å²) in [5.74, 6) is 1.16. The van der Waals surface area contributed by atoms with Gasteiger partial charge in [-0.05, 0) is 29.8 Å². The van der Waals surface area contributed by atoms with Gasteiger partial charge in [0.2, 0.25) is 0 Å². The Hall–Kier alpha value is -4.14. The first kappa shape index (κ1) is 19.2. The number of aromatic nitrogens is 4. The van der Waals surface area contributed by atoms with E-state index in [1.54, 1.807) is 48.8 Å². The third kappa shape index (κ3) is 3.37. The predicted molar refractivity (Wildman–Crippen MR) is 112 cm³/mol. The van der Waals surface area contributed by atoms with Crippen molar-refractivity contribution in [2.75, 3.05) is 20.0 Å². The van der Waals surface area contributed by atoms with Gasteiger partial charge in [-0.15, -0.1) is 0 Å². The van der Waals surface area contributed by atoms with Crippen LogP contribution in [0.2, 0.25) is 0 Å². The van der Waals surface area contributed by atoms with Crippen molar-refractivity contribution in [3.63, 3.8) is 0 Å². The van der Waals surface area contributed by atoms with Crippen LogP contribution >= 0.6 is 0 Å². The van der Waals surface area contributed by atoms with Gasteiger partial charge in [-0.3, -0.25) is 14.3 Å². The summed E-state index contributed by atoms with van der Waals surface area (Å²) in [7, 11) is 3.03. The van der Waals surface area contributed by atoms with Crippen LogP contribution < -0.4 is 26.5 Å². The first-order valence-corrected chi connectivity index (χ1v) is 9.06. The molecular formula is C21H19N5O4. The Labute approximate surface area is 171 Å². The molecule has 0 aliphatic rings. The third-order valence-electron chi connectivity index (χ3n) is 4.69. The van der Waals surface area contributed by atoms with E-state index in [-0.39, 0.29) is 23.4 Å². The highest BCUT2D eigenvalue weighted by atomic mass is 16.5. The molecule has 30 heavy (non-hydrogen) atoms. The Kier molecular flexibility index (Phi) is 4.93. The largest absolute Gasteiger partial charge is 0.497 e. The Morgan fingerprint density at radius 2 is 1.63 bits per heavy atom. The number of nitrogen functional groups attached to an aromatic ring is 1. The summed E-state index contributed by atoms with van der Waals surface area (Å²) in [5.41, 5.74) is 6.20. The highest BCUT2D eigenvalue weighted by Crippen LogP contribution is 2.25. The van der Waals surface area contributed by atoms with Gasteiger partial charge < -0.3 is 15.2 Å². The standard InChI is InChI=1S/C21H19N5O4/c1-29-15-9-14(10-16(11-15)30-2)26-19-17(3-4-18(22)24-19)20(27)25(21(26)28)12-13-5-7-23-8-6-13/h3-11H,12H2,1-2H3,(H2,22,24). The molecule has 0 spiro atoms. The normalized spacial score (nSPS) is 10.9. The van der Waals surface area contributed by atoms with Gasteiger partial charge in [0.15, 0.2) is 5.65 Å². The molecule has 4 aromatic rings. The number of benzene rings is 1. The molecule has 4 rings (SSSR count). The molecule has 0 saturated carbocycles. The average molecular weight is 405 g/mol. The van der Waals surface area contributed by atoms with Crippen LogP contribution in [0.4, 0.5) is 5.82 Å². The quantitative estimate of drug-likeness (QED) is 0.536. The molecule has 0 fully saturated rings. The number of fused-ring (bicyclic) bond motifs is 1. The molecule has 3 heterocycles. The van der Waals surface area contributed by atoms with Crippen LogP contribution in [0.3, 0.4) is 0 Å². The number of pyridine rings is 2. The molecule has 9 nitrogen and oxygen atoms in total. The Balaban J connectivity index is 2.07. The zero-order chi connectivity index (χ0) is 21.3. The fourth-order valence-corrected chi connectivity index (χ4v) is 3.21. The number of hydrogen-bond donors (Lipinski definition) is 1. The number of ether oxygens (including phenoxy) is 2. The molecule has 0 amide bonds. The Morgan fingerprint density at radius 1 is 0.967 bits per heavy atom. The molecule has 152 valence electrons. The first-order valence-electron chi connectivity index (χ1n) is 9.06.